The zero-order valence-corrected chi connectivity index (χ0v) is 19.5. The van der Waals surface area contributed by atoms with Crippen molar-refractivity contribution in [1.29, 1.82) is 5.26 Å². The van der Waals surface area contributed by atoms with Gasteiger partial charge in [-0.3, -0.25) is 4.79 Å². The number of aromatic amines is 1. The number of amides is 1. The molecule has 2 saturated heterocycles. The van der Waals surface area contributed by atoms with Gasteiger partial charge in [0.05, 0.1) is 22.6 Å². The minimum Gasteiger partial charge on any atom is -0.489 e. The highest BCUT2D eigenvalue weighted by molar-refractivity contribution is 6.37. The molecule has 0 radical (unpaired) electrons. The zero-order chi connectivity index (χ0) is 22.3. The fourth-order valence-corrected chi connectivity index (χ4v) is 7.51. The van der Waals surface area contributed by atoms with E-state index < -0.39 is 0 Å². The number of carbonyl (C=O) groups is 1. The van der Waals surface area contributed by atoms with Gasteiger partial charge in [-0.15, -0.1) is 0 Å². The molecule has 3 unspecified atom stereocenters. The van der Waals surface area contributed by atoms with Gasteiger partial charge in [-0.25, -0.2) is 0 Å². The summed E-state index contributed by atoms with van der Waals surface area (Å²) >= 11 is 6.76. The Morgan fingerprint density at radius 3 is 2.69 bits per heavy atom. The van der Waals surface area contributed by atoms with Gasteiger partial charge in [0.2, 0.25) is 5.91 Å². The number of aromatic nitrogens is 1. The first kappa shape index (κ1) is 20.4. The largest absolute Gasteiger partial charge is 0.489 e. The average Bonchev–Trinajstić information content (AvgIpc) is 3.43. The van der Waals surface area contributed by atoms with Gasteiger partial charge in [0.1, 0.15) is 5.75 Å². The van der Waals surface area contributed by atoms with Crippen molar-refractivity contribution in [3.63, 3.8) is 0 Å². The lowest BCUT2D eigenvalue weighted by Crippen LogP contribution is -2.65. The van der Waals surface area contributed by atoms with Crippen LogP contribution in [-0.2, 0) is 4.79 Å². The third-order valence-corrected chi connectivity index (χ3v) is 8.77. The minimum absolute atomic E-state index is 0.0441. The van der Waals surface area contributed by atoms with E-state index in [0.29, 0.717) is 11.4 Å². The number of piperidine rings is 2. The predicted molar refractivity (Wildman–Crippen MR) is 124 cm³/mol. The van der Waals surface area contributed by atoms with Crippen molar-refractivity contribution in [2.75, 3.05) is 0 Å². The summed E-state index contributed by atoms with van der Waals surface area (Å²) in [4.78, 5) is 19.0. The fraction of sp³-hybridized carbons (Fsp3) is 0.615. The van der Waals surface area contributed by atoms with Gasteiger partial charge >= 0.3 is 0 Å². The molecule has 1 aromatic heterocycles. The second-order valence-electron chi connectivity index (χ2n) is 11.3. The molecule has 1 aromatic carbocycles. The molecule has 2 aromatic rings. The Hall–Kier alpha value is -2.19. The summed E-state index contributed by atoms with van der Waals surface area (Å²) in [5.41, 5.74) is 2.05. The summed E-state index contributed by atoms with van der Waals surface area (Å²) in [5.74, 6) is 1.00. The van der Waals surface area contributed by atoms with Gasteiger partial charge < -0.3 is 14.6 Å². The molecule has 168 valence electrons. The van der Waals surface area contributed by atoms with Crippen LogP contribution >= 0.6 is 11.6 Å². The van der Waals surface area contributed by atoms with Crippen LogP contribution in [0.5, 0.6) is 5.75 Å². The number of carbonyl (C=O) groups excluding carboxylic acids is 1. The van der Waals surface area contributed by atoms with Crippen LogP contribution in [0, 0.1) is 22.2 Å². The van der Waals surface area contributed by atoms with Crippen molar-refractivity contribution in [2.24, 2.45) is 10.8 Å². The van der Waals surface area contributed by atoms with Crippen LogP contribution < -0.4 is 4.74 Å². The van der Waals surface area contributed by atoms with Crippen molar-refractivity contribution in [1.82, 2.24) is 9.88 Å². The quantitative estimate of drug-likeness (QED) is 0.612. The summed E-state index contributed by atoms with van der Waals surface area (Å²) in [6.07, 6.45) is 9.67. The Balaban J connectivity index is 1.24. The van der Waals surface area contributed by atoms with Crippen LogP contribution in [-0.4, -0.2) is 34.0 Å². The van der Waals surface area contributed by atoms with Crippen molar-refractivity contribution in [3.8, 4) is 11.8 Å². The Morgan fingerprint density at radius 2 is 2.03 bits per heavy atom. The molecule has 3 atom stereocenters. The van der Waals surface area contributed by atoms with Crippen molar-refractivity contribution >= 4 is 28.4 Å². The zero-order valence-electron chi connectivity index (χ0n) is 18.8. The summed E-state index contributed by atoms with van der Waals surface area (Å²) in [7, 11) is 0. The summed E-state index contributed by atoms with van der Waals surface area (Å²) in [6.45, 7) is 4.43. The average molecular weight is 452 g/mol. The van der Waals surface area contributed by atoms with Crippen molar-refractivity contribution < 1.29 is 9.53 Å². The number of nitrogens with one attached hydrogen (secondary N) is 1. The van der Waals surface area contributed by atoms with E-state index in [1.165, 1.54) is 0 Å². The molecule has 2 aliphatic heterocycles. The highest BCUT2D eigenvalue weighted by atomic mass is 35.5. The normalized spacial score (nSPS) is 34.0. The number of H-pyrrole nitrogens is 1. The lowest BCUT2D eigenvalue weighted by atomic mass is 9.50. The van der Waals surface area contributed by atoms with Crippen LogP contribution in [0.1, 0.15) is 76.7 Å². The topological polar surface area (TPSA) is 69.1 Å². The second kappa shape index (κ2) is 6.90. The molecule has 3 aliphatic carbocycles. The Morgan fingerprint density at radius 1 is 1.31 bits per heavy atom. The lowest BCUT2D eigenvalue weighted by Gasteiger charge is -2.63. The fourth-order valence-electron chi connectivity index (χ4n) is 7.20. The predicted octanol–water partition coefficient (Wildman–Crippen LogP) is 5.93. The first-order valence-electron chi connectivity index (χ1n) is 12.0. The maximum absolute atomic E-state index is 13.6. The summed E-state index contributed by atoms with van der Waals surface area (Å²) in [6, 6.07) is 7.02. The van der Waals surface area contributed by atoms with E-state index in [2.05, 4.69) is 29.8 Å². The van der Waals surface area contributed by atoms with Crippen molar-refractivity contribution in [2.45, 2.75) is 89.3 Å². The van der Waals surface area contributed by atoms with Crippen LogP contribution in [0.3, 0.4) is 0 Å². The van der Waals surface area contributed by atoms with E-state index in [9.17, 15) is 10.1 Å². The van der Waals surface area contributed by atoms with E-state index in [1.54, 1.807) is 0 Å². The molecular formula is C26H30ClN3O2. The van der Waals surface area contributed by atoms with Crippen LogP contribution in [0.25, 0.3) is 10.9 Å². The maximum Gasteiger partial charge on any atom is 0.223 e. The van der Waals surface area contributed by atoms with E-state index in [-0.39, 0.29) is 40.8 Å². The number of ether oxygens (including phenoxy) is 1. The number of benzene rings is 1. The van der Waals surface area contributed by atoms with Gasteiger partial charge in [0, 0.05) is 35.6 Å². The highest BCUT2D eigenvalue weighted by Gasteiger charge is 2.60. The number of hydrogen-bond acceptors (Lipinski definition) is 3. The number of hydrogen-bond donors (Lipinski definition) is 1. The number of fused-ring (bicyclic) bond motifs is 1. The van der Waals surface area contributed by atoms with Gasteiger partial charge in [-0.05, 0) is 74.0 Å². The Bertz CT molecular complexity index is 1130. The molecule has 5 aliphatic rings. The first-order valence-corrected chi connectivity index (χ1v) is 12.4. The van der Waals surface area contributed by atoms with Gasteiger partial charge in [0.15, 0.2) is 0 Å². The number of nitriles is 1. The molecular weight excluding hydrogens is 422 g/mol. The van der Waals surface area contributed by atoms with E-state index in [0.717, 1.165) is 67.2 Å². The molecule has 0 spiro atoms. The number of nitrogens with zero attached hydrogens (tertiary/aromatic N) is 2. The van der Waals surface area contributed by atoms with Gasteiger partial charge in [-0.1, -0.05) is 25.4 Å². The van der Waals surface area contributed by atoms with Crippen LogP contribution in [0.4, 0.5) is 0 Å². The Labute approximate surface area is 194 Å². The van der Waals surface area contributed by atoms with Crippen molar-refractivity contribution in [3.05, 3.63) is 28.9 Å². The number of halogens is 1. The molecule has 32 heavy (non-hydrogen) atoms. The monoisotopic (exact) mass is 451 g/mol. The Kier molecular flexibility index (Phi) is 4.41. The molecule has 1 amide bonds. The lowest BCUT2D eigenvalue weighted by molar-refractivity contribution is -0.163. The summed E-state index contributed by atoms with van der Waals surface area (Å²) < 4.78 is 5.99. The smallest absolute Gasteiger partial charge is 0.223 e. The standard InChI is InChI=1S/C26H30ClN3O2/c1-15(19-12-29-20-5-6-21(24(27)23(19)20)32-18-3-4-18)7-22(31)30-16-8-25(2)9-17(30)11-26(10-16,13-25)14-28/h5-6,12,15-18,29H,3-4,7-11,13H2,1-2H3. The molecule has 5 nitrogen and oxygen atoms in total. The van der Waals surface area contributed by atoms with Crippen LogP contribution in [0.15, 0.2) is 18.3 Å². The molecule has 7 rings (SSSR count). The van der Waals surface area contributed by atoms with Gasteiger partial charge in [0.25, 0.3) is 0 Å². The van der Waals surface area contributed by atoms with Crippen LogP contribution in [0.2, 0.25) is 5.02 Å². The van der Waals surface area contributed by atoms with E-state index in [4.69, 9.17) is 16.3 Å². The third kappa shape index (κ3) is 3.14. The third-order valence-electron chi connectivity index (χ3n) is 8.39. The maximum atomic E-state index is 13.6. The van der Waals surface area contributed by atoms with E-state index >= 15 is 0 Å². The second-order valence-corrected chi connectivity index (χ2v) is 11.6. The molecule has 5 fully saturated rings. The highest BCUT2D eigenvalue weighted by Crippen LogP contribution is 2.61. The van der Waals surface area contributed by atoms with Gasteiger partial charge in [-0.2, -0.15) is 5.26 Å². The molecule has 3 heterocycles. The number of rotatable bonds is 5. The SMILES string of the molecule is CC(CC(=O)N1C2CC3(C)CC1CC(C#N)(C2)C3)c1c[nH]c2ccc(OC3CC3)c(Cl)c12. The first-order chi connectivity index (χ1) is 15.3. The molecule has 6 heteroatoms. The molecule has 3 saturated carbocycles. The molecule has 4 bridgehead atoms. The molecule has 1 N–H and O–H groups in total. The minimum atomic E-state index is -0.217. The van der Waals surface area contributed by atoms with E-state index in [1.807, 2.05) is 18.3 Å². The summed E-state index contributed by atoms with van der Waals surface area (Å²) in [5, 5.41) is 11.5.